The van der Waals surface area contributed by atoms with Crippen molar-refractivity contribution in [3.8, 4) is 22.9 Å². The number of likely N-dealkylation sites (tertiary alicyclic amines) is 2. The average Bonchev–Trinajstić information content (AvgIpc) is 2.97. The molecule has 0 bridgehead atoms. The second-order valence-electron chi connectivity index (χ2n) is 13.9. The summed E-state index contributed by atoms with van der Waals surface area (Å²) in [6.45, 7) is 15.2. The maximum atomic E-state index is 12.6. The van der Waals surface area contributed by atoms with Crippen molar-refractivity contribution in [3.63, 3.8) is 0 Å². The van der Waals surface area contributed by atoms with E-state index in [1.807, 2.05) is 57.8 Å². The van der Waals surface area contributed by atoms with E-state index in [-0.39, 0.29) is 17.6 Å². The minimum Gasteiger partial charge on any atom is -0.491 e. The van der Waals surface area contributed by atoms with Crippen LogP contribution in [-0.4, -0.2) is 95.5 Å². The molecule has 5 heterocycles. The van der Waals surface area contributed by atoms with Crippen LogP contribution < -0.4 is 14.4 Å². The highest BCUT2D eigenvalue weighted by atomic mass is 35.5. The summed E-state index contributed by atoms with van der Waals surface area (Å²) in [5.41, 5.74) is 3.02. The molecular weight excluding hydrogens is 592 g/mol. The van der Waals surface area contributed by atoms with Crippen molar-refractivity contribution in [2.24, 2.45) is 5.41 Å². The molecule has 0 unspecified atom stereocenters. The van der Waals surface area contributed by atoms with Crippen LogP contribution in [0.3, 0.4) is 0 Å². The highest BCUT2D eigenvalue weighted by molar-refractivity contribution is 6.35. The number of carbonyl (C=O) groups is 1. The lowest BCUT2D eigenvalue weighted by molar-refractivity contribution is -0.0434. The molecule has 3 fully saturated rings. The SMILES string of the molecule is CCOc1c(-c2cnccc2C)c(Cl)cc2c(N3CCC4(CC3)CN(C(=O)OC(C)(C)C)C4)nc(OC3CCN(C)CC3)nc12. The highest BCUT2D eigenvalue weighted by Crippen LogP contribution is 2.47. The maximum Gasteiger partial charge on any atom is 0.410 e. The van der Waals surface area contributed by atoms with Crippen LogP contribution in [0, 0.1) is 12.3 Å². The third kappa shape index (κ3) is 6.63. The van der Waals surface area contributed by atoms with Gasteiger partial charge < -0.3 is 28.9 Å². The van der Waals surface area contributed by atoms with Crippen molar-refractivity contribution in [1.29, 1.82) is 0 Å². The van der Waals surface area contributed by atoms with Gasteiger partial charge >= 0.3 is 12.1 Å². The standard InChI is InChI=1S/C34H45ClN6O4/c1-7-43-29-27(25-19-36-13-8-22(25)2)26(35)18-24-28(29)37-31(44-23-9-14-39(6)15-10-23)38-30(24)40-16-11-34(12-17-40)20-41(21-34)32(42)45-33(3,4)5/h8,13,18-19,23H,7,9-12,14-17,20-21H2,1-6H3. The van der Waals surface area contributed by atoms with Gasteiger partial charge in [0.15, 0.2) is 5.75 Å². The molecule has 242 valence electrons. The maximum absolute atomic E-state index is 12.6. The number of benzene rings is 1. The molecule has 11 heteroatoms. The Morgan fingerprint density at radius 2 is 1.82 bits per heavy atom. The topological polar surface area (TPSA) is 93.2 Å². The van der Waals surface area contributed by atoms with E-state index in [4.69, 9.17) is 35.8 Å². The molecule has 10 nitrogen and oxygen atoms in total. The number of aromatic nitrogens is 3. The van der Waals surface area contributed by atoms with Crippen molar-refractivity contribution in [2.45, 2.75) is 72.0 Å². The van der Waals surface area contributed by atoms with Crippen LogP contribution in [0.25, 0.3) is 22.0 Å². The summed E-state index contributed by atoms with van der Waals surface area (Å²) in [5, 5.41) is 1.40. The van der Waals surface area contributed by atoms with Gasteiger partial charge in [-0.05, 0) is 85.0 Å². The van der Waals surface area contributed by atoms with Gasteiger partial charge in [-0.2, -0.15) is 9.97 Å². The summed E-state index contributed by atoms with van der Waals surface area (Å²) in [7, 11) is 2.14. The minimum absolute atomic E-state index is 0.0489. The molecule has 1 spiro atoms. The molecule has 3 aliphatic rings. The largest absolute Gasteiger partial charge is 0.491 e. The Kier molecular flexibility index (Phi) is 8.73. The van der Waals surface area contributed by atoms with Crippen molar-refractivity contribution >= 4 is 34.4 Å². The van der Waals surface area contributed by atoms with E-state index in [1.54, 1.807) is 6.20 Å². The van der Waals surface area contributed by atoms with E-state index < -0.39 is 5.60 Å². The van der Waals surface area contributed by atoms with E-state index in [9.17, 15) is 4.79 Å². The van der Waals surface area contributed by atoms with Crippen LogP contribution >= 0.6 is 11.6 Å². The first-order valence-electron chi connectivity index (χ1n) is 16.1. The van der Waals surface area contributed by atoms with E-state index >= 15 is 0 Å². The van der Waals surface area contributed by atoms with Gasteiger partial charge in [-0.3, -0.25) is 4.98 Å². The predicted octanol–water partition coefficient (Wildman–Crippen LogP) is 6.36. The summed E-state index contributed by atoms with van der Waals surface area (Å²) in [5.74, 6) is 1.42. The van der Waals surface area contributed by atoms with Gasteiger partial charge in [0.1, 0.15) is 23.0 Å². The van der Waals surface area contributed by atoms with Crippen molar-refractivity contribution in [3.05, 3.63) is 35.1 Å². The monoisotopic (exact) mass is 636 g/mol. The van der Waals surface area contributed by atoms with Crippen LogP contribution in [0.2, 0.25) is 5.02 Å². The van der Waals surface area contributed by atoms with Crippen LogP contribution in [-0.2, 0) is 4.74 Å². The van der Waals surface area contributed by atoms with Crippen LogP contribution in [0.1, 0.15) is 58.9 Å². The number of rotatable bonds is 6. The number of carbonyl (C=O) groups excluding carboxylic acids is 1. The lowest BCUT2D eigenvalue weighted by atomic mass is 9.72. The van der Waals surface area contributed by atoms with E-state index in [1.165, 1.54) is 0 Å². The first-order valence-corrected chi connectivity index (χ1v) is 16.5. The van der Waals surface area contributed by atoms with Gasteiger partial charge in [0.25, 0.3) is 0 Å². The Labute approximate surface area is 271 Å². The quantitative estimate of drug-likeness (QED) is 0.306. The lowest BCUT2D eigenvalue weighted by Gasteiger charge is -2.53. The molecule has 0 saturated carbocycles. The predicted molar refractivity (Wildman–Crippen MR) is 177 cm³/mol. The fourth-order valence-electron chi connectivity index (χ4n) is 6.70. The van der Waals surface area contributed by atoms with Gasteiger partial charge in [0.2, 0.25) is 0 Å². The molecule has 0 N–H and O–H groups in total. The lowest BCUT2D eigenvalue weighted by Crippen LogP contribution is -2.62. The average molecular weight is 637 g/mol. The highest BCUT2D eigenvalue weighted by Gasteiger charge is 2.48. The first-order chi connectivity index (χ1) is 21.4. The second kappa shape index (κ2) is 12.4. The van der Waals surface area contributed by atoms with Gasteiger partial charge in [0, 0.05) is 73.6 Å². The summed E-state index contributed by atoms with van der Waals surface area (Å²) < 4.78 is 18.4. The number of fused-ring (bicyclic) bond motifs is 1. The first kappa shape index (κ1) is 31.6. The molecule has 0 radical (unpaired) electrons. The zero-order chi connectivity index (χ0) is 31.9. The number of anilines is 1. The minimum atomic E-state index is -0.498. The molecule has 45 heavy (non-hydrogen) atoms. The molecule has 1 aromatic carbocycles. The summed E-state index contributed by atoms with van der Waals surface area (Å²) in [4.78, 5) is 33.5. The zero-order valence-corrected chi connectivity index (χ0v) is 28.1. The fraction of sp³-hybridized carbons (Fsp3) is 0.588. The fourth-order valence-corrected chi connectivity index (χ4v) is 7.00. The van der Waals surface area contributed by atoms with Crippen molar-refractivity contribution in [1.82, 2.24) is 24.8 Å². The molecule has 2 aromatic heterocycles. The Balaban J connectivity index is 1.34. The molecule has 6 rings (SSSR count). The van der Waals surface area contributed by atoms with Crippen LogP contribution in [0.4, 0.5) is 10.6 Å². The summed E-state index contributed by atoms with van der Waals surface area (Å²) in [6.07, 6.45) is 7.16. The van der Waals surface area contributed by atoms with E-state index in [2.05, 4.69) is 21.8 Å². The Hall–Kier alpha value is -3.37. The number of nitrogens with zero attached hydrogens (tertiary/aromatic N) is 6. The van der Waals surface area contributed by atoms with Crippen LogP contribution in [0.5, 0.6) is 11.8 Å². The molecule has 3 saturated heterocycles. The van der Waals surface area contributed by atoms with Crippen molar-refractivity contribution < 1.29 is 19.0 Å². The van der Waals surface area contributed by atoms with Gasteiger partial charge in [-0.25, -0.2) is 4.79 Å². The third-order valence-corrected chi connectivity index (χ3v) is 9.52. The molecule has 3 aromatic rings. The molecule has 0 aliphatic carbocycles. The Bertz CT molecular complexity index is 1550. The molecule has 1 amide bonds. The number of pyridine rings is 1. The number of halogens is 1. The number of hydrogen-bond acceptors (Lipinski definition) is 9. The second-order valence-corrected chi connectivity index (χ2v) is 14.3. The number of hydrogen-bond donors (Lipinski definition) is 0. The number of aryl methyl sites for hydroxylation is 1. The molecular formula is C34H45ClN6O4. The number of amides is 1. The van der Waals surface area contributed by atoms with Crippen molar-refractivity contribution in [2.75, 3.05) is 57.8 Å². The smallest absolute Gasteiger partial charge is 0.410 e. The number of ether oxygens (including phenoxy) is 3. The summed E-state index contributed by atoms with van der Waals surface area (Å²) in [6, 6.07) is 4.30. The number of piperidine rings is 2. The zero-order valence-electron chi connectivity index (χ0n) is 27.4. The Morgan fingerprint density at radius 1 is 1.11 bits per heavy atom. The normalized spacial score (nSPS) is 19.1. The summed E-state index contributed by atoms with van der Waals surface area (Å²) >= 11 is 7.07. The molecule has 3 aliphatic heterocycles. The Morgan fingerprint density at radius 3 is 2.47 bits per heavy atom. The van der Waals surface area contributed by atoms with E-state index in [0.717, 1.165) is 92.8 Å². The van der Waals surface area contributed by atoms with Gasteiger partial charge in [0.05, 0.1) is 11.6 Å². The van der Waals surface area contributed by atoms with Gasteiger partial charge in [-0.15, -0.1) is 0 Å². The van der Waals surface area contributed by atoms with Gasteiger partial charge in [-0.1, -0.05) is 11.6 Å². The van der Waals surface area contributed by atoms with Crippen LogP contribution in [0.15, 0.2) is 24.5 Å². The van der Waals surface area contributed by atoms with E-state index in [0.29, 0.717) is 28.9 Å². The molecule has 0 atom stereocenters. The third-order valence-electron chi connectivity index (χ3n) is 9.22.